The number of nitrogens with one attached hydrogen (secondary N) is 1. The van der Waals surface area contributed by atoms with Crippen molar-refractivity contribution >= 4 is 16.5 Å². The third-order valence-corrected chi connectivity index (χ3v) is 6.03. The average Bonchev–Trinajstić information content (AvgIpc) is 3.11. The molecule has 0 aromatic carbocycles. The largest absolute Gasteiger partial charge is 0.348 e. The molecule has 0 amide bonds. The molecule has 1 aromatic heterocycles. The van der Waals surface area contributed by atoms with Crippen molar-refractivity contribution < 1.29 is 0 Å². The fraction of sp³-hybridized carbons (Fsp3) is 0.824. The highest BCUT2D eigenvalue weighted by Gasteiger charge is 2.28. The van der Waals surface area contributed by atoms with E-state index in [9.17, 15) is 0 Å². The Morgan fingerprint density at radius 3 is 3.00 bits per heavy atom. The lowest BCUT2D eigenvalue weighted by molar-refractivity contribution is 0.454. The first kappa shape index (κ1) is 15.3. The van der Waals surface area contributed by atoms with Crippen LogP contribution in [0.1, 0.15) is 69.0 Å². The quantitative estimate of drug-likeness (QED) is 0.856. The Bertz CT molecular complexity index is 457. The van der Waals surface area contributed by atoms with Gasteiger partial charge in [0.05, 0.1) is 11.7 Å². The van der Waals surface area contributed by atoms with Crippen LogP contribution in [0.2, 0.25) is 0 Å². The fourth-order valence-electron chi connectivity index (χ4n) is 3.71. The highest BCUT2D eigenvalue weighted by atomic mass is 32.1. The normalized spacial score (nSPS) is 25.3. The number of hydrogen-bond donors (Lipinski definition) is 1. The Morgan fingerprint density at radius 2 is 2.19 bits per heavy atom. The first-order valence-corrected chi connectivity index (χ1v) is 9.61. The summed E-state index contributed by atoms with van der Waals surface area (Å²) in [6, 6.07) is 0.507. The van der Waals surface area contributed by atoms with Gasteiger partial charge in [0.1, 0.15) is 0 Å². The van der Waals surface area contributed by atoms with Gasteiger partial charge in [0.15, 0.2) is 5.13 Å². The van der Waals surface area contributed by atoms with Gasteiger partial charge in [0.25, 0.3) is 0 Å². The summed E-state index contributed by atoms with van der Waals surface area (Å²) in [5.41, 5.74) is 1.37. The Balaban J connectivity index is 1.70. The molecule has 3 rings (SSSR count). The highest BCUT2D eigenvalue weighted by Crippen LogP contribution is 2.38. The highest BCUT2D eigenvalue weighted by molar-refractivity contribution is 7.15. The van der Waals surface area contributed by atoms with E-state index >= 15 is 0 Å². The van der Waals surface area contributed by atoms with E-state index in [-0.39, 0.29) is 0 Å². The minimum absolute atomic E-state index is 0.507. The van der Waals surface area contributed by atoms with E-state index in [0.29, 0.717) is 6.04 Å². The number of nitrogens with zero attached hydrogens (tertiary/aromatic N) is 2. The van der Waals surface area contributed by atoms with Crippen LogP contribution in [0.3, 0.4) is 0 Å². The molecule has 2 unspecified atom stereocenters. The number of aryl methyl sites for hydroxylation is 1. The lowest BCUT2D eigenvalue weighted by atomic mass is 9.97. The number of rotatable bonds is 6. The number of aromatic nitrogens is 1. The monoisotopic (exact) mass is 307 g/mol. The first-order chi connectivity index (χ1) is 10.3. The van der Waals surface area contributed by atoms with Gasteiger partial charge >= 0.3 is 0 Å². The zero-order valence-electron chi connectivity index (χ0n) is 13.5. The van der Waals surface area contributed by atoms with E-state index in [1.165, 1.54) is 68.9 Å². The number of fused-ring (bicyclic) bond motifs is 1. The second kappa shape index (κ2) is 7.10. The molecule has 2 heterocycles. The second-order valence-corrected chi connectivity index (χ2v) is 7.66. The number of hydrogen-bond acceptors (Lipinski definition) is 4. The molecule has 1 N–H and O–H groups in total. The van der Waals surface area contributed by atoms with Gasteiger partial charge in [0, 0.05) is 18.0 Å². The molecule has 3 nitrogen and oxygen atoms in total. The Labute approximate surface area is 133 Å². The summed E-state index contributed by atoms with van der Waals surface area (Å²) in [5.74, 6) is 0.893. The van der Waals surface area contributed by atoms with Crippen LogP contribution < -0.4 is 10.2 Å². The van der Waals surface area contributed by atoms with Gasteiger partial charge in [-0.2, -0.15) is 0 Å². The van der Waals surface area contributed by atoms with Crippen molar-refractivity contribution in [3.8, 4) is 0 Å². The SMILES string of the molecule is CCCNC1CCCc2sc(N3CCC(CCC)C3)nc21. The average molecular weight is 308 g/mol. The summed E-state index contributed by atoms with van der Waals surface area (Å²) in [6.07, 6.45) is 9.06. The molecular weight excluding hydrogens is 278 g/mol. The molecule has 118 valence electrons. The van der Waals surface area contributed by atoms with E-state index in [2.05, 4.69) is 24.1 Å². The van der Waals surface area contributed by atoms with E-state index < -0.39 is 0 Å². The van der Waals surface area contributed by atoms with Gasteiger partial charge in [-0.15, -0.1) is 11.3 Å². The first-order valence-electron chi connectivity index (χ1n) is 8.79. The molecule has 2 aliphatic rings. The summed E-state index contributed by atoms with van der Waals surface area (Å²) in [4.78, 5) is 9.13. The molecule has 1 aliphatic heterocycles. The maximum absolute atomic E-state index is 5.04. The maximum Gasteiger partial charge on any atom is 0.185 e. The molecule has 0 spiro atoms. The molecule has 0 radical (unpaired) electrons. The molecule has 1 saturated heterocycles. The van der Waals surface area contributed by atoms with Crippen LogP contribution in [0.4, 0.5) is 5.13 Å². The lowest BCUT2D eigenvalue weighted by Crippen LogP contribution is -2.26. The topological polar surface area (TPSA) is 28.2 Å². The third kappa shape index (κ3) is 3.42. The Morgan fingerprint density at radius 1 is 1.29 bits per heavy atom. The zero-order chi connectivity index (χ0) is 14.7. The molecule has 1 aromatic rings. The standard InChI is InChI=1S/C17H29N3S/c1-3-6-13-9-11-20(12-13)17-19-16-14(18-10-4-2)7-5-8-15(16)21-17/h13-14,18H,3-12H2,1-2H3. The summed E-state index contributed by atoms with van der Waals surface area (Å²) < 4.78 is 0. The van der Waals surface area contributed by atoms with Crippen LogP contribution in [-0.2, 0) is 6.42 Å². The zero-order valence-corrected chi connectivity index (χ0v) is 14.3. The Hall–Kier alpha value is -0.610. The van der Waals surface area contributed by atoms with Crippen molar-refractivity contribution in [3.05, 3.63) is 10.6 Å². The summed E-state index contributed by atoms with van der Waals surface area (Å²) in [6.45, 7) is 8.09. The van der Waals surface area contributed by atoms with Crippen molar-refractivity contribution in [3.63, 3.8) is 0 Å². The lowest BCUT2D eigenvalue weighted by Gasteiger charge is -2.22. The van der Waals surface area contributed by atoms with Gasteiger partial charge in [-0.25, -0.2) is 4.98 Å². The van der Waals surface area contributed by atoms with Crippen LogP contribution >= 0.6 is 11.3 Å². The number of thiazole rings is 1. The Kier molecular flexibility index (Phi) is 5.17. The van der Waals surface area contributed by atoms with Crippen molar-refractivity contribution in [2.45, 2.75) is 64.8 Å². The molecule has 21 heavy (non-hydrogen) atoms. The second-order valence-electron chi connectivity index (χ2n) is 6.59. The summed E-state index contributed by atoms with van der Waals surface area (Å²) in [7, 11) is 0. The minimum Gasteiger partial charge on any atom is -0.348 e. The van der Waals surface area contributed by atoms with Crippen molar-refractivity contribution in [2.24, 2.45) is 5.92 Å². The molecule has 0 saturated carbocycles. The minimum atomic E-state index is 0.507. The van der Waals surface area contributed by atoms with Crippen LogP contribution in [0.5, 0.6) is 0 Å². The molecule has 1 fully saturated rings. The van der Waals surface area contributed by atoms with Crippen molar-refractivity contribution in [2.75, 3.05) is 24.5 Å². The smallest absolute Gasteiger partial charge is 0.185 e. The summed E-state index contributed by atoms with van der Waals surface area (Å²) in [5, 5.41) is 4.98. The predicted octanol–water partition coefficient (Wildman–Crippen LogP) is 4.15. The molecule has 2 atom stereocenters. The molecule has 0 bridgehead atoms. The van der Waals surface area contributed by atoms with Crippen LogP contribution in [0.25, 0.3) is 0 Å². The van der Waals surface area contributed by atoms with Crippen molar-refractivity contribution in [1.29, 1.82) is 0 Å². The molecule has 1 aliphatic carbocycles. The maximum atomic E-state index is 5.04. The van der Waals surface area contributed by atoms with E-state index in [0.717, 1.165) is 12.5 Å². The van der Waals surface area contributed by atoms with Crippen LogP contribution in [0.15, 0.2) is 0 Å². The fourth-order valence-corrected chi connectivity index (χ4v) is 4.91. The van der Waals surface area contributed by atoms with E-state index in [1.54, 1.807) is 4.88 Å². The van der Waals surface area contributed by atoms with Crippen LogP contribution in [0, 0.1) is 5.92 Å². The third-order valence-electron chi connectivity index (χ3n) is 4.84. The molecular formula is C17H29N3S. The van der Waals surface area contributed by atoms with Crippen molar-refractivity contribution in [1.82, 2.24) is 10.3 Å². The van der Waals surface area contributed by atoms with Crippen LogP contribution in [-0.4, -0.2) is 24.6 Å². The molecule has 4 heteroatoms. The van der Waals surface area contributed by atoms with Gasteiger partial charge in [-0.3, -0.25) is 0 Å². The van der Waals surface area contributed by atoms with E-state index in [4.69, 9.17) is 4.98 Å². The van der Waals surface area contributed by atoms with E-state index in [1.807, 2.05) is 11.3 Å². The van der Waals surface area contributed by atoms with Gasteiger partial charge in [0.2, 0.25) is 0 Å². The number of anilines is 1. The summed E-state index contributed by atoms with van der Waals surface area (Å²) >= 11 is 1.96. The predicted molar refractivity (Wildman–Crippen MR) is 91.3 cm³/mol. The van der Waals surface area contributed by atoms with Gasteiger partial charge in [-0.05, 0) is 51.0 Å². The van der Waals surface area contributed by atoms with Gasteiger partial charge in [-0.1, -0.05) is 20.3 Å². The van der Waals surface area contributed by atoms with Gasteiger partial charge < -0.3 is 10.2 Å².